The molecule has 0 unspecified atom stereocenters. The van der Waals surface area contributed by atoms with E-state index in [1.54, 1.807) is 0 Å². The number of rotatable bonds is 7. The third kappa shape index (κ3) is 3.87. The molecule has 2 rings (SSSR count). The maximum atomic E-state index is 12.0. The van der Waals surface area contributed by atoms with Gasteiger partial charge in [-0.3, -0.25) is 4.79 Å². The van der Waals surface area contributed by atoms with Crippen LogP contribution in [0.5, 0.6) is 0 Å². The summed E-state index contributed by atoms with van der Waals surface area (Å²) < 4.78 is 0. The second kappa shape index (κ2) is 7.15. The molecule has 1 aliphatic rings. The second-order valence-electron chi connectivity index (χ2n) is 4.92. The van der Waals surface area contributed by atoms with Gasteiger partial charge in [0.25, 0.3) is 5.91 Å². The van der Waals surface area contributed by atoms with E-state index in [0.717, 1.165) is 37.2 Å². The van der Waals surface area contributed by atoms with Crippen LogP contribution in [-0.2, 0) is 0 Å². The summed E-state index contributed by atoms with van der Waals surface area (Å²) in [5.74, 6) is 2.73. The summed E-state index contributed by atoms with van der Waals surface area (Å²) in [6, 6.07) is 0.486. The lowest BCUT2D eigenvalue weighted by Crippen LogP contribution is -2.26. The topological polar surface area (TPSA) is 80.0 Å². The van der Waals surface area contributed by atoms with Gasteiger partial charge in [0.05, 0.1) is 0 Å². The Morgan fingerprint density at radius 2 is 2.30 bits per heavy atom. The number of carbonyl (C=O) groups is 1. The van der Waals surface area contributed by atoms with Crippen LogP contribution in [0.4, 0.5) is 10.9 Å². The molecule has 1 aromatic heterocycles. The summed E-state index contributed by atoms with van der Waals surface area (Å²) in [5, 5.41) is 6.89. The van der Waals surface area contributed by atoms with Gasteiger partial charge >= 0.3 is 0 Å². The van der Waals surface area contributed by atoms with E-state index in [0.29, 0.717) is 23.3 Å². The number of terminal acetylenes is 1. The number of hydrogen-bond acceptors (Lipinski definition) is 5. The molecule has 1 saturated carbocycles. The van der Waals surface area contributed by atoms with Gasteiger partial charge in [-0.1, -0.05) is 11.3 Å². The van der Waals surface area contributed by atoms with Crippen molar-refractivity contribution in [1.29, 1.82) is 0 Å². The number of carbonyl (C=O) groups excluding carboxylic acids is 1. The molecule has 20 heavy (non-hydrogen) atoms. The fourth-order valence-corrected chi connectivity index (χ4v) is 2.80. The maximum absolute atomic E-state index is 12.0. The van der Waals surface area contributed by atoms with E-state index >= 15 is 0 Å². The fourth-order valence-electron chi connectivity index (χ4n) is 1.92. The highest BCUT2D eigenvalue weighted by atomic mass is 32.1. The van der Waals surface area contributed by atoms with Crippen LogP contribution in [0, 0.1) is 12.3 Å². The molecule has 0 aromatic carbocycles. The molecule has 5 nitrogen and oxygen atoms in total. The number of nitrogens with one attached hydrogen (secondary N) is 2. The Morgan fingerprint density at radius 1 is 1.50 bits per heavy atom. The Morgan fingerprint density at radius 3 is 2.95 bits per heavy atom. The minimum Gasteiger partial charge on any atom is -0.382 e. The molecule has 1 fully saturated rings. The van der Waals surface area contributed by atoms with Gasteiger partial charge in [0.1, 0.15) is 10.7 Å². The summed E-state index contributed by atoms with van der Waals surface area (Å²) in [4.78, 5) is 16.7. The van der Waals surface area contributed by atoms with Gasteiger partial charge in [0.2, 0.25) is 0 Å². The predicted octanol–water partition coefficient (Wildman–Crippen LogP) is 2.22. The van der Waals surface area contributed by atoms with Crippen LogP contribution in [0.15, 0.2) is 0 Å². The summed E-state index contributed by atoms with van der Waals surface area (Å²) in [6.07, 6.45) is 11.3. The average molecular weight is 292 g/mol. The van der Waals surface area contributed by atoms with Crippen LogP contribution >= 0.6 is 11.3 Å². The van der Waals surface area contributed by atoms with Crippen LogP contribution in [-0.4, -0.2) is 23.5 Å². The van der Waals surface area contributed by atoms with Gasteiger partial charge in [0, 0.05) is 19.0 Å². The van der Waals surface area contributed by atoms with Gasteiger partial charge < -0.3 is 16.4 Å². The van der Waals surface area contributed by atoms with Crippen molar-refractivity contribution in [2.24, 2.45) is 0 Å². The van der Waals surface area contributed by atoms with E-state index < -0.39 is 0 Å². The molecular weight excluding hydrogens is 272 g/mol. The molecule has 0 spiro atoms. The van der Waals surface area contributed by atoms with Gasteiger partial charge in [0.15, 0.2) is 5.13 Å². The first-order valence-corrected chi connectivity index (χ1v) is 7.77. The maximum Gasteiger partial charge on any atom is 0.265 e. The number of anilines is 2. The number of aromatic nitrogens is 1. The lowest BCUT2D eigenvalue weighted by molar-refractivity contribution is 0.0958. The van der Waals surface area contributed by atoms with Crippen molar-refractivity contribution in [3.05, 3.63) is 4.88 Å². The van der Waals surface area contributed by atoms with E-state index in [2.05, 4.69) is 21.5 Å². The fraction of sp³-hybridized carbons (Fsp3) is 0.571. The highest BCUT2D eigenvalue weighted by Crippen LogP contribution is 2.29. The summed E-state index contributed by atoms with van der Waals surface area (Å²) in [5.41, 5.74) is 5.80. The zero-order valence-electron chi connectivity index (χ0n) is 11.4. The molecule has 0 aliphatic heterocycles. The van der Waals surface area contributed by atoms with Crippen LogP contribution < -0.4 is 16.4 Å². The van der Waals surface area contributed by atoms with Crippen LogP contribution in [0.1, 0.15) is 48.2 Å². The quantitative estimate of drug-likeness (QED) is 0.532. The lowest BCUT2D eigenvalue weighted by Gasteiger charge is -2.25. The van der Waals surface area contributed by atoms with Crippen LogP contribution in [0.25, 0.3) is 0 Å². The Labute approximate surface area is 123 Å². The number of amides is 1. The number of nitrogens with zero attached hydrogens (tertiary/aromatic N) is 1. The predicted molar refractivity (Wildman–Crippen MR) is 82.8 cm³/mol. The third-order valence-corrected chi connectivity index (χ3v) is 4.33. The number of hydrogen-bond donors (Lipinski definition) is 3. The smallest absolute Gasteiger partial charge is 0.265 e. The second-order valence-corrected chi connectivity index (χ2v) is 5.92. The van der Waals surface area contributed by atoms with Gasteiger partial charge in [-0.15, -0.1) is 12.3 Å². The minimum absolute atomic E-state index is 0.151. The largest absolute Gasteiger partial charge is 0.382 e. The van der Waals surface area contributed by atoms with Crippen molar-refractivity contribution >= 4 is 28.2 Å². The number of nitrogens with two attached hydrogens (primary N) is 1. The highest BCUT2D eigenvalue weighted by Gasteiger charge is 2.21. The number of nitrogen functional groups attached to an aromatic ring is 1. The lowest BCUT2D eigenvalue weighted by atomic mass is 9.93. The van der Waals surface area contributed by atoms with Gasteiger partial charge in [-0.2, -0.15) is 0 Å². The molecule has 6 heteroatoms. The molecule has 1 amide bonds. The van der Waals surface area contributed by atoms with Crippen molar-refractivity contribution in [1.82, 2.24) is 10.3 Å². The van der Waals surface area contributed by atoms with E-state index in [1.807, 2.05) is 0 Å². The standard InChI is InChI=1S/C14H20N4OS/c1-2-3-4-5-9-16-13(19)11-12(15)18-14(20-11)17-10-7-6-8-10/h1,10H,3-9,15H2,(H,16,19)(H,17,18). The van der Waals surface area contributed by atoms with Gasteiger partial charge in [-0.25, -0.2) is 4.98 Å². The van der Waals surface area contributed by atoms with Crippen molar-refractivity contribution in [3.8, 4) is 12.3 Å². The summed E-state index contributed by atoms with van der Waals surface area (Å²) >= 11 is 1.32. The van der Waals surface area contributed by atoms with E-state index in [-0.39, 0.29) is 5.91 Å². The molecule has 1 aliphatic carbocycles. The summed E-state index contributed by atoms with van der Waals surface area (Å²) in [7, 11) is 0. The van der Waals surface area contributed by atoms with E-state index in [9.17, 15) is 4.79 Å². The van der Waals surface area contributed by atoms with Crippen molar-refractivity contribution in [2.45, 2.75) is 44.6 Å². The molecule has 1 aromatic rings. The zero-order valence-corrected chi connectivity index (χ0v) is 12.3. The van der Waals surface area contributed by atoms with Crippen molar-refractivity contribution in [2.75, 3.05) is 17.6 Å². The van der Waals surface area contributed by atoms with Gasteiger partial charge in [-0.05, 0) is 32.1 Å². The molecule has 0 atom stereocenters. The molecule has 108 valence electrons. The third-order valence-electron chi connectivity index (χ3n) is 3.33. The molecule has 4 N–H and O–H groups in total. The first-order chi connectivity index (χ1) is 9.70. The van der Waals surface area contributed by atoms with Crippen molar-refractivity contribution in [3.63, 3.8) is 0 Å². The Balaban J connectivity index is 1.81. The molecule has 0 bridgehead atoms. The van der Waals surface area contributed by atoms with E-state index in [1.165, 1.54) is 17.8 Å². The monoisotopic (exact) mass is 292 g/mol. The normalized spacial score (nSPS) is 14.3. The van der Waals surface area contributed by atoms with E-state index in [4.69, 9.17) is 12.2 Å². The SMILES string of the molecule is C#CCCCCNC(=O)c1sc(NC2CCC2)nc1N. The minimum atomic E-state index is -0.151. The number of thiazole rings is 1. The molecule has 0 saturated heterocycles. The molecular formula is C14H20N4OS. The zero-order chi connectivity index (χ0) is 14.4. The first-order valence-electron chi connectivity index (χ1n) is 6.95. The summed E-state index contributed by atoms with van der Waals surface area (Å²) in [6.45, 7) is 0.614. The highest BCUT2D eigenvalue weighted by molar-refractivity contribution is 7.18. The first kappa shape index (κ1) is 14.7. The number of unbranched alkanes of at least 4 members (excludes halogenated alkanes) is 2. The Kier molecular flexibility index (Phi) is 5.24. The average Bonchev–Trinajstić information content (AvgIpc) is 2.75. The molecule has 1 heterocycles. The molecule has 0 radical (unpaired) electrons. The van der Waals surface area contributed by atoms with Crippen molar-refractivity contribution < 1.29 is 4.79 Å². The van der Waals surface area contributed by atoms with Crippen LogP contribution in [0.2, 0.25) is 0 Å². The Hall–Kier alpha value is -1.74. The Bertz CT molecular complexity index is 502. The van der Waals surface area contributed by atoms with Crippen LogP contribution in [0.3, 0.4) is 0 Å².